The lowest BCUT2D eigenvalue weighted by Gasteiger charge is -2.38. The second-order valence-corrected chi connectivity index (χ2v) is 9.47. The Balaban J connectivity index is 1.81. The molecule has 1 saturated heterocycles. The Morgan fingerprint density at radius 2 is 1.72 bits per heavy atom. The van der Waals surface area contributed by atoms with Crippen LogP contribution in [0.2, 0.25) is 0 Å². The molecular formula is C25H31N5O2. The number of carbonyl (C=O) groups excluding carboxylic acids is 2. The quantitative estimate of drug-likeness (QED) is 0.742. The third kappa shape index (κ3) is 4.75. The summed E-state index contributed by atoms with van der Waals surface area (Å²) in [6.45, 7) is 10.2. The molecule has 0 radical (unpaired) electrons. The Labute approximate surface area is 190 Å². The highest BCUT2D eigenvalue weighted by atomic mass is 16.2. The molecule has 0 spiro atoms. The van der Waals surface area contributed by atoms with E-state index in [1.807, 2.05) is 56.9 Å². The van der Waals surface area contributed by atoms with Crippen molar-refractivity contribution in [1.82, 2.24) is 14.8 Å². The molecular weight excluding hydrogens is 402 g/mol. The molecule has 32 heavy (non-hydrogen) atoms. The average Bonchev–Trinajstić information content (AvgIpc) is 2.77. The van der Waals surface area contributed by atoms with Crippen LogP contribution >= 0.6 is 0 Å². The largest absolute Gasteiger partial charge is 0.352 e. The number of rotatable bonds is 3. The van der Waals surface area contributed by atoms with E-state index in [1.165, 1.54) is 0 Å². The Morgan fingerprint density at radius 3 is 2.25 bits per heavy atom. The van der Waals surface area contributed by atoms with Gasteiger partial charge in [-0.05, 0) is 30.2 Å². The van der Waals surface area contributed by atoms with Crippen molar-refractivity contribution in [1.29, 1.82) is 5.26 Å². The van der Waals surface area contributed by atoms with Crippen LogP contribution in [-0.4, -0.2) is 66.9 Å². The SMILES string of the molecule is Cc1cc(-c2cnc(N3CCN(C(=O)C(C)(C)C)CC3)c(C#N)c2)ccc1C(=O)N(C)C. The summed E-state index contributed by atoms with van der Waals surface area (Å²) >= 11 is 0. The van der Waals surface area contributed by atoms with Crippen LogP contribution in [0.15, 0.2) is 30.5 Å². The number of amides is 2. The predicted molar refractivity (Wildman–Crippen MR) is 125 cm³/mol. The van der Waals surface area contributed by atoms with Crippen LogP contribution in [0.1, 0.15) is 42.3 Å². The maximum Gasteiger partial charge on any atom is 0.253 e. The van der Waals surface area contributed by atoms with Crippen LogP contribution in [0.25, 0.3) is 11.1 Å². The molecule has 0 saturated carbocycles. The summed E-state index contributed by atoms with van der Waals surface area (Å²) < 4.78 is 0. The first-order valence-corrected chi connectivity index (χ1v) is 10.8. The Hall–Kier alpha value is -3.40. The molecule has 168 valence electrons. The van der Waals surface area contributed by atoms with E-state index >= 15 is 0 Å². The number of nitriles is 1. The molecule has 3 rings (SSSR count). The lowest BCUT2D eigenvalue weighted by atomic mass is 9.94. The summed E-state index contributed by atoms with van der Waals surface area (Å²) in [5.41, 5.74) is 3.39. The molecule has 1 fully saturated rings. The Kier molecular flexibility index (Phi) is 6.54. The molecule has 0 unspecified atom stereocenters. The fourth-order valence-electron chi connectivity index (χ4n) is 3.87. The highest BCUT2D eigenvalue weighted by molar-refractivity contribution is 5.96. The van der Waals surface area contributed by atoms with Crippen molar-refractivity contribution in [2.45, 2.75) is 27.7 Å². The van der Waals surface area contributed by atoms with Gasteiger partial charge in [-0.1, -0.05) is 32.9 Å². The first-order chi connectivity index (χ1) is 15.0. The fraction of sp³-hybridized carbons (Fsp3) is 0.440. The average molecular weight is 434 g/mol. The van der Waals surface area contributed by atoms with Crippen LogP contribution in [0.5, 0.6) is 0 Å². The van der Waals surface area contributed by atoms with E-state index in [0.717, 1.165) is 16.7 Å². The van der Waals surface area contributed by atoms with E-state index < -0.39 is 5.41 Å². The summed E-state index contributed by atoms with van der Waals surface area (Å²) in [5.74, 6) is 0.757. The first kappa shape index (κ1) is 23.3. The van der Waals surface area contributed by atoms with Crippen LogP contribution in [-0.2, 0) is 4.79 Å². The van der Waals surface area contributed by atoms with Crippen molar-refractivity contribution < 1.29 is 9.59 Å². The van der Waals surface area contributed by atoms with Gasteiger partial charge in [-0.2, -0.15) is 5.26 Å². The molecule has 1 aromatic carbocycles. The molecule has 0 atom stereocenters. The molecule has 7 nitrogen and oxygen atoms in total. The van der Waals surface area contributed by atoms with Crippen molar-refractivity contribution in [2.75, 3.05) is 45.2 Å². The van der Waals surface area contributed by atoms with Gasteiger partial charge >= 0.3 is 0 Å². The maximum absolute atomic E-state index is 12.5. The van der Waals surface area contributed by atoms with Gasteiger partial charge in [-0.25, -0.2) is 4.98 Å². The van der Waals surface area contributed by atoms with Gasteiger partial charge in [-0.3, -0.25) is 9.59 Å². The summed E-state index contributed by atoms with van der Waals surface area (Å²) in [4.78, 5) is 34.9. The van der Waals surface area contributed by atoms with Gasteiger partial charge in [0.05, 0.1) is 5.56 Å². The predicted octanol–water partition coefficient (Wildman–Crippen LogP) is 3.33. The lowest BCUT2D eigenvalue weighted by Crippen LogP contribution is -2.52. The van der Waals surface area contributed by atoms with Crippen molar-refractivity contribution in [3.05, 3.63) is 47.2 Å². The van der Waals surface area contributed by atoms with Gasteiger partial charge in [0.2, 0.25) is 5.91 Å². The van der Waals surface area contributed by atoms with Gasteiger partial charge in [0.15, 0.2) is 0 Å². The third-order valence-electron chi connectivity index (χ3n) is 5.69. The molecule has 2 amide bonds. The minimum atomic E-state index is -0.398. The van der Waals surface area contributed by atoms with E-state index in [-0.39, 0.29) is 11.8 Å². The maximum atomic E-state index is 12.5. The highest BCUT2D eigenvalue weighted by Gasteiger charge is 2.30. The minimum absolute atomic E-state index is 0.0377. The summed E-state index contributed by atoms with van der Waals surface area (Å²) in [6, 6.07) is 9.77. The van der Waals surface area contributed by atoms with Crippen molar-refractivity contribution in [3.63, 3.8) is 0 Å². The van der Waals surface area contributed by atoms with Crippen molar-refractivity contribution in [2.24, 2.45) is 5.41 Å². The summed E-state index contributed by atoms with van der Waals surface area (Å²) in [6.07, 6.45) is 1.77. The van der Waals surface area contributed by atoms with Gasteiger partial charge in [-0.15, -0.1) is 0 Å². The molecule has 7 heteroatoms. The van der Waals surface area contributed by atoms with Crippen LogP contribution in [0.4, 0.5) is 5.82 Å². The number of piperazine rings is 1. The number of pyridine rings is 1. The number of carbonyl (C=O) groups is 2. The topological polar surface area (TPSA) is 80.5 Å². The third-order valence-corrected chi connectivity index (χ3v) is 5.69. The first-order valence-electron chi connectivity index (χ1n) is 10.8. The van der Waals surface area contributed by atoms with Gasteiger partial charge < -0.3 is 14.7 Å². The smallest absolute Gasteiger partial charge is 0.253 e. The molecule has 0 aliphatic carbocycles. The van der Waals surface area contributed by atoms with E-state index in [1.54, 1.807) is 25.2 Å². The number of aromatic nitrogens is 1. The molecule has 1 aliphatic heterocycles. The van der Waals surface area contributed by atoms with Crippen LogP contribution in [0.3, 0.4) is 0 Å². The van der Waals surface area contributed by atoms with Gasteiger partial charge in [0, 0.05) is 63.0 Å². The number of anilines is 1. The Morgan fingerprint density at radius 1 is 1.06 bits per heavy atom. The zero-order valence-electron chi connectivity index (χ0n) is 19.8. The number of hydrogen-bond acceptors (Lipinski definition) is 5. The van der Waals surface area contributed by atoms with E-state index in [2.05, 4.69) is 16.0 Å². The highest BCUT2D eigenvalue weighted by Crippen LogP contribution is 2.28. The fourth-order valence-corrected chi connectivity index (χ4v) is 3.87. The summed E-state index contributed by atoms with van der Waals surface area (Å²) in [5, 5.41) is 9.77. The number of aryl methyl sites for hydroxylation is 1. The minimum Gasteiger partial charge on any atom is -0.352 e. The molecule has 1 aliphatic rings. The monoisotopic (exact) mass is 433 g/mol. The normalized spacial score (nSPS) is 14.2. The Bertz CT molecular complexity index is 1070. The number of benzene rings is 1. The second-order valence-electron chi connectivity index (χ2n) is 9.47. The molecule has 0 bridgehead atoms. The molecule has 1 aromatic heterocycles. The van der Waals surface area contributed by atoms with Crippen molar-refractivity contribution >= 4 is 17.6 Å². The number of nitrogens with zero attached hydrogens (tertiary/aromatic N) is 5. The number of hydrogen-bond donors (Lipinski definition) is 0. The van der Waals surface area contributed by atoms with Gasteiger partial charge in [0.1, 0.15) is 11.9 Å². The van der Waals surface area contributed by atoms with Gasteiger partial charge in [0.25, 0.3) is 5.91 Å². The standard InChI is InChI=1S/C25H31N5O2/c1-17-13-18(7-8-21(17)23(31)28(5)6)20-14-19(15-26)22(27-16-20)29-9-11-30(12-10-29)24(32)25(2,3)4/h7-8,13-14,16H,9-12H2,1-6H3. The van der Waals surface area contributed by atoms with E-state index in [4.69, 9.17) is 0 Å². The molecule has 2 aromatic rings. The molecule has 0 N–H and O–H groups in total. The van der Waals surface area contributed by atoms with E-state index in [9.17, 15) is 14.9 Å². The van der Waals surface area contributed by atoms with Crippen molar-refractivity contribution in [3.8, 4) is 17.2 Å². The molecule has 2 heterocycles. The lowest BCUT2D eigenvalue weighted by molar-refractivity contribution is -0.139. The van der Waals surface area contributed by atoms with E-state index in [0.29, 0.717) is 43.1 Å². The van der Waals surface area contributed by atoms with Crippen LogP contribution < -0.4 is 4.90 Å². The second kappa shape index (κ2) is 8.99. The van der Waals surface area contributed by atoms with Crippen LogP contribution in [0, 0.1) is 23.7 Å². The summed E-state index contributed by atoms with van der Waals surface area (Å²) in [7, 11) is 3.47. The zero-order chi connectivity index (χ0) is 23.6. The zero-order valence-corrected chi connectivity index (χ0v) is 19.8.